The van der Waals surface area contributed by atoms with Crippen molar-refractivity contribution in [2.24, 2.45) is 0 Å². The summed E-state index contributed by atoms with van der Waals surface area (Å²) in [5, 5.41) is 1.22. The normalized spacial score (nSPS) is 12.1. The molecule has 1 aromatic carbocycles. The summed E-state index contributed by atoms with van der Waals surface area (Å²) < 4.78 is 25.0. The van der Waals surface area contributed by atoms with Crippen LogP contribution in [0.3, 0.4) is 0 Å². The van der Waals surface area contributed by atoms with E-state index in [0.717, 1.165) is 6.54 Å². The second-order valence-corrected chi connectivity index (χ2v) is 7.13. The molecule has 0 N–H and O–H groups in total. The Kier molecular flexibility index (Phi) is 3.76. The van der Waals surface area contributed by atoms with E-state index in [9.17, 15) is 8.42 Å². The number of fused-ring (bicyclic) bond motifs is 1. The first kappa shape index (κ1) is 13.1. The number of benzene rings is 1. The smallest absolute Gasteiger partial charge is 0.150 e. The van der Waals surface area contributed by atoms with Crippen LogP contribution in [0, 0.1) is 6.92 Å². The minimum absolute atomic E-state index is 0.235. The molecule has 0 saturated heterocycles. The summed E-state index contributed by atoms with van der Waals surface area (Å²) in [5.41, 5.74) is 2.42. The first-order valence-electron chi connectivity index (χ1n) is 6.28. The van der Waals surface area contributed by atoms with Gasteiger partial charge in [-0.25, -0.2) is 8.42 Å². The molecule has 0 bridgehead atoms. The highest BCUT2D eigenvalue weighted by Crippen LogP contribution is 2.17. The first-order valence-corrected chi connectivity index (χ1v) is 8.10. The molecule has 3 nitrogen and oxygen atoms in total. The van der Waals surface area contributed by atoms with E-state index in [1.165, 1.54) is 16.5 Å². The quantitative estimate of drug-likeness (QED) is 0.834. The molecule has 1 heterocycles. The number of hydrogen-bond donors (Lipinski definition) is 0. The van der Waals surface area contributed by atoms with Gasteiger partial charge in [-0.1, -0.05) is 18.6 Å². The highest BCUT2D eigenvalue weighted by molar-refractivity contribution is 7.91. The minimum Gasteiger partial charge on any atom is -0.347 e. The molecule has 0 radical (unpaired) electrons. The third-order valence-electron chi connectivity index (χ3n) is 3.22. The fourth-order valence-corrected chi connectivity index (χ4v) is 2.97. The van der Waals surface area contributed by atoms with Crippen LogP contribution in [-0.2, 0) is 16.4 Å². The zero-order valence-electron chi connectivity index (χ0n) is 10.9. The molecular formula is C14H19NO2S. The zero-order valence-corrected chi connectivity index (χ0v) is 11.7. The molecule has 0 amide bonds. The van der Waals surface area contributed by atoms with Crippen molar-refractivity contribution in [2.75, 3.05) is 11.5 Å². The van der Waals surface area contributed by atoms with Crippen molar-refractivity contribution in [3.63, 3.8) is 0 Å². The predicted molar refractivity (Wildman–Crippen MR) is 75.6 cm³/mol. The van der Waals surface area contributed by atoms with Crippen LogP contribution >= 0.6 is 0 Å². The van der Waals surface area contributed by atoms with E-state index >= 15 is 0 Å². The molecule has 0 fully saturated rings. The molecule has 2 rings (SSSR count). The van der Waals surface area contributed by atoms with Gasteiger partial charge >= 0.3 is 0 Å². The van der Waals surface area contributed by atoms with Gasteiger partial charge in [-0.15, -0.1) is 0 Å². The summed E-state index contributed by atoms with van der Waals surface area (Å²) in [6.07, 6.45) is 2.70. The van der Waals surface area contributed by atoms with Gasteiger partial charge in [0, 0.05) is 24.0 Å². The van der Waals surface area contributed by atoms with Gasteiger partial charge in [-0.3, -0.25) is 0 Å². The Morgan fingerprint density at radius 2 is 2.00 bits per heavy atom. The molecule has 0 aliphatic heterocycles. The van der Waals surface area contributed by atoms with Gasteiger partial charge in [-0.2, -0.15) is 0 Å². The van der Waals surface area contributed by atoms with Crippen LogP contribution in [0.15, 0.2) is 30.5 Å². The highest BCUT2D eigenvalue weighted by Gasteiger charge is 2.07. The van der Waals surface area contributed by atoms with Gasteiger partial charge in [-0.05, 0) is 36.9 Å². The van der Waals surface area contributed by atoms with Crippen LogP contribution in [0.2, 0.25) is 0 Å². The number of rotatable bonds is 5. The van der Waals surface area contributed by atoms with Crippen molar-refractivity contribution in [1.82, 2.24) is 4.57 Å². The lowest BCUT2D eigenvalue weighted by atomic mass is 10.2. The molecule has 2 aromatic rings. The number of aryl methyl sites for hydroxylation is 2. The average molecular weight is 265 g/mol. The van der Waals surface area contributed by atoms with Crippen molar-refractivity contribution in [2.45, 2.75) is 26.8 Å². The summed E-state index contributed by atoms with van der Waals surface area (Å²) in [5.74, 6) is 0.508. The minimum atomic E-state index is -2.85. The highest BCUT2D eigenvalue weighted by atomic mass is 32.2. The Labute approximate surface area is 108 Å². The lowest BCUT2D eigenvalue weighted by molar-refractivity contribution is 0.589. The van der Waals surface area contributed by atoms with Crippen LogP contribution in [0.1, 0.15) is 18.9 Å². The molecule has 0 saturated carbocycles. The van der Waals surface area contributed by atoms with Gasteiger partial charge in [0.1, 0.15) is 9.84 Å². The third-order valence-corrected chi connectivity index (χ3v) is 5.01. The zero-order chi connectivity index (χ0) is 13.2. The van der Waals surface area contributed by atoms with Crippen LogP contribution in [0.5, 0.6) is 0 Å². The van der Waals surface area contributed by atoms with E-state index in [2.05, 4.69) is 35.8 Å². The molecular weight excluding hydrogens is 246 g/mol. The summed E-state index contributed by atoms with van der Waals surface area (Å²) >= 11 is 0. The maximum absolute atomic E-state index is 11.4. The molecule has 4 heteroatoms. The summed E-state index contributed by atoms with van der Waals surface area (Å²) in [4.78, 5) is 0. The van der Waals surface area contributed by atoms with E-state index in [4.69, 9.17) is 0 Å². The third kappa shape index (κ3) is 2.93. The Morgan fingerprint density at radius 1 is 1.22 bits per heavy atom. The molecule has 98 valence electrons. The average Bonchev–Trinajstić information content (AvgIpc) is 2.71. The molecule has 0 unspecified atom stereocenters. The molecule has 18 heavy (non-hydrogen) atoms. The molecule has 0 spiro atoms. The monoisotopic (exact) mass is 265 g/mol. The van der Waals surface area contributed by atoms with E-state index < -0.39 is 9.84 Å². The summed E-state index contributed by atoms with van der Waals surface area (Å²) in [7, 11) is -2.85. The number of aromatic nitrogens is 1. The SMILES string of the molecule is CCS(=O)(=O)CCCn1ccc2cc(C)ccc21. The van der Waals surface area contributed by atoms with Gasteiger partial charge in [0.2, 0.25) is 0 Å². The topological polar surface area (TPSA) is 39.1 Å². The van der Waals surface area contributed by atoms with Crippen LogP contribution in [0.25, 0.3) is 10.9 Å². The van der Waals surface area contributed by atoms with Crippen LogP contribution in [-0.4, -0.2) is 24.5 Å². The van der Waals surface area contributed by atoms with E-state index in [-0.39, 0.29) is 11.5 Å². The second-order valence-electron chi connectivity index (χ2n) is 4.66. The Bertz CT molecular complexity index is 641. The largest absolute Gasteiger partial charge is 0.347 e. The Morgan fingerprint density at radius 3 is 2.72 bits per heavy atom. The van der Waals surface area contributed by atoms with E-state index in [1.54, 1.807) is 6.92 Å². The lowest BCUT2D eigenvalue weighted by Gasteiger charge is -2.06. The van der Waals surface area contributed by atoms with Crippen LogP contribution in [0.4, 0.5) is 0 Å². The molecule has 0 aliphatic rings. The van der Waals surface area contributed by atoms with Crippen molar-refractivity contribution in [3.05, 3.63) is 36.0 Å². The molecule has 0 aliphatic carbocycles. The molecule has 1 aromatic heterocycles. The number of nitrogens with zero attached hydrogens (tertiary/aromatic N) is 1. The van der Waals surface area contributed by atoms with Crippen LogP contribution < -0.4 is 0 Å². The maximum Gasteiger partial charge on any atom is 0.150 e. The fraction of sp³-hybridized carbons (Fsp3) is 0.429. The second kappa shape index (κ2) is 5.14. The van der Waals surface area contributed by atoms with Crippen molar-refractivity contribution in [3.8, 4) is 0 Å². The van der Waals surface area contributed by atoms with Gasteiger partial charge in [0.25, 0.3) is 0 Å². The molecule has 0 atom stereocenters. The first-order chi connectivity index (χ1) is 8.52. The predicted octanol–water partition coefficient (Wildman–Crippen LogP) is 2.77. The van der Waals surface area contributed by atoms with Crippen molar-refractivity contribution >= 4 is 20.7 Å². The number of sulfone groups is 1. The van der Waals surface area contributed by atoms with E-state index in [0.29, 0.717) is 6.42 Å². The maximum atomic E-state index is 11.4. The Balaban J connectivity index is 2.09. The summed E-state index contributed by atoms with van der Waals surface area (Å²) in [6, 6.07) is 8.41. The van der Waals surface area contributed by atoms with Crippen molar-refractivity contribution in [1.29, 1.82) is 0 Å². The lowest BCUT2D eigenvalue weighted by Crippen LogP contribution is -2.10. The van der Waals surface area contributed by atoms with Gasteiger partial charge < -0.3 is 4.57 Å². The standard InChI is InChI=1S/C14H19NO2S/c1-3-18(16,17)10-4-8-15-9-7-13-11-12(2)5-6-14(13)15/h5-7,9,11H,3-4,8,10H2,1-2H3. The van der Waals surface area contributed by atoms with E-state index in [1.807, 2.05) is 6.20 Å². The fourth-order valence-electron chi connectivity index (χ4n) is 2.11. The van der Waals surface area contributed by atoms with Gasteiger partial charge in [0.05, 0.1) is 5.75 Å². The summed E-state index contributed by atoms with van der Waals surface area (Å²) in [6.45, 7) is 4.53. The van der Waals surface area contributed by atoms with Crippen molar-refractivity contribution < 1.29 is 8.42 Å². The Hall–Kier alpha value is -1.29. The number of hydrogen-bond acceptors (Lipinski definition) is 2. The van der Waals surface area contributed by atoms with Gasteiger partial charge in [0.15, 0.2) is 0 Å².